The molecule has 2 rings (SSSR count). The number of rotatable bonds is 6. The van der Waals surface area contributed by atoms with E-state index in [-0.39, 0.29) is 6.61 Å². The number of ether oxygens (including phenoxy) is 1. The van der Waals surface area contributed by atoms with Crippen molar-refractivity contribution >= 4 is 0 Å². The topological polar surface area (TPSA) is 60.2 Å². The van der Waals surface area contributed by atoms with Crippen LogP contribution < -0.4 is 4.74 Å². The largest absolute Gasteiger partial charge is 0.494 e. The van der Waals surface area contributed by atoms with Crippen molar-refractivity contribution in [3.8, 4) is 5.75 Å². The third-order valence-electron chi connectivity index (χ3n) is 2.97. The molecule has 0 aliphatic heterocycles. The van der Waals surface area contributed by atoms with Gasteiger partial charge in [-0.25, -0.2) is 4.68 Å². The van der Waals surface area contributed by atoms with Crippen molar-refractivity contribution in [3.63, 3.8) is 0 Å². The first kappa shape index (κ1) is 13.5. The lowest BCUT2D eigenvalue weighted by molar-refractivity contribution is 0.275. The maximum absolute atomic E-state index is 9.28. The number of hydrogen-bond donors (Lipinski definition) is 1. The summed E-state index contributed by atoms with van der Waals surface area (Å²) in [6.07, 6.45) is 0.711. The van der Waals surface area contributed by atoms with Crippen molar-refractivity contribution < 1.29 is 9.84 Å². The Morgan fingerprint density at radius 3 is 2.53 bits per heavy atom. The lowest BCUT2D eigenvalue weighted by Crippen LogP contribution is -2.05. The highest BCUT2D eigenvalue weighted by Crippen LogP contribution is 2.16. The average Bonchev–Trinajstić information content (AvgIpc) is 2.83. The molecule has 0 aliphatic carbocycles. The van der Waals surface area contributed by atoms with E-state index in [1.807, 2.05) is 42.8 Å². The zero-order chi connectivity index (χ0) is 13.7. The summed E-state index contributed by atoms with van der Waals surface area (Å²) >= 11 is 0. The van der Waals surface area contributed by atoms with Gasteiger partial charge in [0, 0.05) is 13.0 Å². The molecule has 1 aromatic heterocycles. The average molecular weight is 261 g/mol. The molecule has 0 spiro atoms. The van der Waals surface area contributed by atoms with E-state index in [2.05, 4.69) is 10.3 Å². The standard InChI is InChI=1S/C14H19N3O2/c1-3-17-14(13(10-18)15-16-17)9-11-5-7-12(8-6-11)19-4-2/h5-8,18H,3-4,9-10H2,1-2H3. The maximum atomic E-state index is 9.28. The van der Waals surface area contributed by atoms with Gasteiger partial charge in [0.2, 0.25) is 0 Å². The lowest BCUT2D eigenvalue weighted by Gasteiger charge is -2.07. The Balaban J connectivity index is 2.18. The third-order valence-corrected chi connectivity index (χ3v) is 2.97. The minimum Gasteiger partial charge on any atom is -0.494 e. The minimum atomic E-state index is -0.0770. The number of aromatic nitrogens is 3. The van der Waals surface area contributed by atoms with Gasteiger partial charge in [-0.2, -0.15) is 0 Å². The molecule has 0 saturated carbocycles. The first-order chi connectivity index (χ1) is 9.28. The van der Waals surface area contributed by atoms with Gasteiger partial charge in [-0.3, -0.25) is 0 Å². The molecule has 5 nitrogen and oxygen atoms in total. The van der Waals surface area contributed by atoms with Crippen LogP contribution in [0, 0.1) is 0 Å². The Hall–Kier alpha value is -1.88. The van der Waals surface area contributed by atoms with Crippen molar-refractivity contribution in [2.24, 2.45) is 0 Å². The van der Waals surface area contributed by atoms with Crippen molar-refractivity contribution in [3.05, 3.63) is 41.2 Å². The van der Waals surface area contributed by atoms with Crippen LogP contribution in [0.1, 0.15) is 30.8 Å². The Labute approximate surface area is 112 Å². The molecule has 5 heteroatoms. The summed E-state index contributed by atoms with van der Waals surface area (Å²) in [5.74, 6) is 0.871. The van der Waals surface area contributed by atoms with E-state index < -0.39 is 0 Å². The summed E-state index contributed by atoms with van der Waals surface area (Å²) in [7, 11) is 0. The molecule has 2 aromatic rings. The van der Waals surface area contributed by atoms with E-state index in [4.69, 9.17) is 4.74 Å². The van der Waals surface area contributed by atoms with Crippen molar-refractivity contribution in [2.75, 3.05) is 6.61 Å². The SMILES string of the molecule is CCOc1ccc(Cc2c(CO)nnn2CC)cc1. The van der Waals surface area contributed by atoms with Gasteiger partial charge < -0.3 is 9.84 Å². The van der Waals surface area contributed by atoms with Crippen LogP contribution in [0.25, 0.3) is 0 Å². The van der Waals surface area contributed by atoms with Crippen molar-refractivity contribution in [2.45, 2.75) is 33.4 Å². The van der Waals surface area contributed by atoms with E-state index in [9.17, 15) is 5.11 Å². The Bertz CT molecular complexity index is 498. The molecule has 0 atom stereocenters. The first-order valence-corrected chi connectivity index (χ1v) is 6.52. The molecule has 19 heavy (non-hydrogen) atoms. The highest BCUT2D eigenvalue weighted by Gasteiger charge is 2.11. The molecule has 0 radical (unpaired) electrons. The van der Waals surface area contributed by atoms with Gasteiger partial charge >= 0.3 is 0 Å². The van der Waals surface area contributed by atoms with Gasteiger partial charge in [-0.15, -0.1) is 5.10 Å². The normalized spacial score (nSPS) is 10.7. The molecular formula is C14H19N3O2. The second kappa shape index (κ2) is 6.33. The van der Waals surface area contributed by atoms with Crippen LogP contribution >= 0.6 is 0 Å². The summed E-state index contributed by atoms with van der Waals surface area (Å²) < 4.78 is 7.24. The number of aliphatic hydroxyl groups excluding tert-OH is 1. The van der Waals surface area contributed by atoms with Gasteiger partial charge in [0.25, 0.3) is 0 Å². The lowest BCUT2D eigenvalue weighted by atomic mass is 10.1. The Morgan fingerprint density at radius 1 is 1.21 bits per heavy atom. The summed E-state index contributed by atoms with van der Waals surface area (Å²) in [6.45, 7) is 5.32. The fourth-order valence-electron chi connectivity index (χ4n) is 2.00. The molecule has 0 saturated heterocycles. The van der Waals surface area contributed by atoms with Crippen LogP contribution in [0.15, 0.2) is 24.3 Å². The fraction of sp³-hybridized carbons (Fsp3) is 0.429. The summed E-state index contributed by atoms with van der Waals surface area (Å²) in [5.41, 5.74) is 2.76. The Morgan fingerprint density at radius 2 is 1.95 bits per heavy atom. The van der Waals surface area contributed by atoms with Crippen LogP contribution in [-0.4, -0.2) is 26.7 Å². The fourth-order valence-corrected chi connectivity index (χ4v) is 2.00. The zero-order valence-electron chi connectivity index (χ0n) is 11.3. The second-order valence-corrected chi connectivity index (χ2v) is 4.21. The van der Waals surface area contributed by atoms with Crippen LogP contribution in [0.2, 0.25) is 0 Å². The molecule has 102 valence electrons. The summed E-state index contributed by atoms with van der Waals surface area (Å²) in [6, 6.07) is 7.97. The smallest absolute Gasteiger partial charge is 0.119 e. The molecule has 1 heterocycles. The van der Waals surface area contributed by atoms with Gasteiger partial charge in [-0.05, 0) is 31.5 Å². The number of benzene rings is 1. The van der Waals surface area contributed by atoms with E-state index in [1.165, 1.54) is 0 Å². The molecule has 1 N–H and O–H groups in total. The van der Waals surface area contributed by atoms with Crippen LogP contribution in [-0.2, 0) is 19.6 Å². The summed E-state index contributed by atoms with van der Waals surface area (Å²) in [5, 5.41) is 17.3. The predicted molar refractivity (Wildman–Crippen MR) is 72.0 cm³/mol. The van der Waals surface area contributed by atoms with Crippen LogP contribution in [0.3, 0.4) is 0 Å². The summed E-state index contributed by atoms with van der Waals surface area (Å²) in [4.78, 5) is 0. The predicted octanol–water partition coefficient (Wildman–Crippen LogP) is 1.78. The van der Waals surface area contributed by atoms with Crippen molar-refractivity contribution in [1.82, 2.24) is 15.0 Å². The third kappa shape index (κ3) is 3.12. The number of nitrogens with zero attached hydrogens (tertiary/aromatic N) is 3. The van der Waals surface area contributed by atoms with Crippen LogP contribution in [0.5, 0.6) is 5.75 Å². The number of hydrogen-bond acceptors (Lipinski definition) is 4. The Kier molecular flexibility index (Phi) is 4.52. The first-order valence-electron chi connectivity index (χ1n) is 6.52. The van der Waals surface area contributed by atoms with E-state index in [1.54, 1.807) is 0 Å². The van der Waals surface area contributed by atoms with E-state index >= 15 is 0 Å². The number of aliphatic hydroxyl groups is 1. The highest BCUT2D eigenvalue weighted by molar-refractivity contribution is 5.30. The van der Waals surface area contributed by atoms with Gasteiger partial charge in [-0.1, -0.05) is 17.3 Å². The molecule has 0 unspecified atom stereocenters. The molecule has 0 bridgehead atoms. The van der Waals surface area contributed by atoms with Gasteiger partial charge in [0.1, 0.15) is 11.4 Å². The highest BCUT2D eigenvalue weighted by atomic mass is 16.5. The van der Waals surface area contributed by atoms with Gasteiger partial charge in [0.05, 0.1) is 18.9 Å². The molecule has 1 aromatic carbocycles. The van der Waals surface area contributed by atoms with Crippen LogP contribution in [0.4, 0.5) is 0 Å². The second-order valence-electron chi connectivity index (χ2n) is 4.21. The van der Waals surface area contributed by atoms with Crippen molar-refractivity contribution in [1.29, 1.82) is 0 Å². The van der Waals surface area contributed by atoms with E-state index in [0.717, 1.165) is 23.6 Å². The molecule has 0 aliphatic rings. The maximum Gasteiger partial charge on any atom is 0.119 e. The number of aryl methyl sites for hydroxylation is 1. The molecular weight excluding hydrogens is 242 g/mol. The van der Waals surface area contributed by atoms with E-state index in [0.29, 0.717) is 18.7 Å². The quantitative estimate of drug-likeness (QED) is 0.861. The minimum absolute atomic E-state index is 0.0770. The zero-order valence-corrected chi connectivity index (χ0v) is 11.3. The van der Waals surface area contributed by atoms with Gasteiger partial charge in [0.15, 0.2) is 0 Å². The molecule has 0 amide bonds. The molecule has 0 fully saturated rings. The monoisotopic (exact) mass is 261 g/mol.